The van der Waals surface area contributed by atoms with Gasteiger partial charge in [-0.2, -0.15) is 4.98 Å². The molecule has 14 heteroatoms. The first-order valence-corrected chi connectivity index (χ1v) is 12.8. The number of aliphatic hydroxyl groups is 3. The molecule has 0 saturated carbocycles. The maximum atomic E-state index is 13.6. The summed E-state index contributed by atoms with van der Waals surface area (Å²) in [4.78, 5) is 18.6. The molecule has 3 aromatic rings. The summed E-state index contributed by atoms with van der Waals surface area (Å²) in [6, 6.07) is 8.26. The third kappa shape index (κ3) is 4.09. The highest BCUT2D eigenvalue weighted by Gasteiger charge is 2.60. The highest BCUT2D eigenvalue weighted by atomic mass is 35.5. The summed E-state index contributed by atoms with van der Waals surface area (Å²) in [7, 11) is -4.23. The zero-order valence-electron chi connectivity index (χ0n) is 18.4. The monoisotopic (exact) mass is 526 g/mol. The lowest BCUT2D eigenvalue weighted by atomic mass is 9.96. The van der Waals surface area contributed by atoms with Crippen LogP contribution in [0.4, 0.5) is 5.95 Å². The molecular weight excluding hydrogens is 503 g/mol. The van der Waals surface area contributed by atoms with Gasteiger partial charge in [-0.3, -0.25) is 18.9 Å². The lowest BCUT2D eigenvalue weighted by Crippen LogP contribution is -2.46. The smallest absolute Gasteiger partial charge is 0.362 e. The number of rotatable bonds is 4. The van der Waals surface area contributed by atoms with Crippen molar-refractivity contribution < 1.29 is 33.7 Å². The average Bonchev–Trinajstić information content (AvgIpc) is 3.32. The van der Waals surface area contributed by atoms with Gasteiger partial charge in [-0.1, -0.05) is 23.7 Å². The zero-order valence-corrected chi connectivity index (χ0v) is 20.1. The largest absolute Gasteiger partial charge is 0.387 e. The van der Waals surface area contributed by atoms with Crippen LogP contribution in [0.15, 0.2) is 41.3 Å². The van der Waals surface area contributed by atoms with Crippen molar-refractivity contribution in [3.63, 3.8) is 0 Å². The molecular formula is C21H24ClN4O8P. The van der Waals surface area contributed by atoms with Gasteiger partial charge in [0.15, 0.2) is 17.7 Å². The van der Waals surface area contributed by atoms with Gasteiger partial charge in [0, 0.05) is 17.6 Å². The number of fused-ring (bicyclic) bond motifs is 1. The topological polar surface area (TPSA) is 182 Å². The van der Waals surface area contributed by atoms with E-state index in [1.54, 1.807) is 24.3 Å². The zero-order chi connectivity index (χ0) is 25.1. The number of aromatic amines is 1. The Labute approximate surface area is 203 Å². The highest BCUT2D eigenvalue weighted by molar-refractivity contribution is 7.54. The van der Waals surface area contributed by atoms with E-state index in [1.807, 2.05) is 0 Å². The van der Waals surface area contributed by atoms with Crippen molar-refractivity contribution in [2.45, 2.75) is 49.3 Å². The number of nitrogen functional groups attached to an aromatic ring is 1. The summed E-state index contributed by atoms with van der Waals surface area (Å²) in [5.74, 6) is -2.09. The summed E-state index contributed by atoms with van der Waals surface area (Å²) in [5, 5.41) is 33.7. The molecule has 5 rings (SSSR count). The maximum absolute atomic E-state index is 13.6. The second-order valence-electron chi connectivity index (χ2n) is 8.76. The minimum Gasteiger partial charge on any atom is -0.387 e. The summed E-state index contributed by atoms with van der Waals surface area (Å²) in [6.07, 6.45) is -3.46. The van der Waals surface area contributed by atoms with Gasteiger partial charge in [0.1, 0.15) is 17.8 Å². The van der Waals surface area contributed by atoms with Crippen LogP contribution in [0.5, 0.6) is 0 Å². The van der Waals surface area contributed by atoms with Crippen LogP contribution in [-0.2, 0) is 18.3 Å². The number of H-pyrrole nitrogens is 1. The van der Waals surface area contributed by atoms with Crippen molar-refractivity contribution in [2.24, 2.45) is 0 Å². The van der Waals surface area contributed by atoms with E-state index >= 15 is 0 Å². The molecule has 2 aromatic heterocycles. The molecule has 0 spiro atoms. The van der Waals surface area contributed by atoms with Crippen molar-refractivity contribution in [3.8, 4) is 0 Å². The van der Waals surface area contributed by atoms with E-state index in [1.165, 1.54) is 23.8 Å². The molecule has 0 radical (unpaired) electrons. The Hall–Kier alpha value is -2.28. The standard InChI is InChI=1S/C21H24ClN4O8P/c1-21(30)15(27)14(33-19(21)26-7-5-12-16(26)24-20(23)25-17(12)28)18(29)35(31)32-8-6-13(34-35)10-3-2-4-11(22)9-10/h2-5,7,9,13-15,18-19,27,29-30H,6,8H2,1H3,(H3,23,24,25,28)/t13-,14-,15+,18-,19+,21+,35+/m0/s1. The molecule has 188 valence electrons. The van der Waals surface area contributed by atoms with Gasteiger partial charge in [0.25, 0.3) is 5.56 Å². The molecule has 0 aliphatic carbocycles. The number of nitrogens with zero attached hydrogens (tertiary/aromatic N) is 2. The van der Waals surface area contributed by atoms with Crippen LogP contribution in [0.2, 0.25) is 5.02 Å². The predicted octanol–water partition coefficient (Wildman–Crippen LogP) is 1.66. The fraction of sp³-hybridized carbons (Fsp3) is 0.429. The molecule has 6 N–H and O–H groups in total. The number of anilines is 1. The number of aromatic nitrogens is 3. The third-order valence-corrected chi connectivity index (χ3v) is 8.58. The van der Waals surface area contributed by atoms with Crippen molar-refractivity contribution >= 4 is 36.2 Å². The van der Waals surface area contributed by atoms with Gasteiger partial charge in [-0.05, 0) is 30.7 Å². The SMILES string of the molecule is C[C@@]1(O)[C@H](O)[C@@H]([C@@H](O)[P@@]2(=O)OCC[C@@H](c3cccc(Cl)c3)O2)O[C@H]1n1ccc2c(=O)[nH]c(N)nc21. The number of nitrogens with one attached hydrogen (secondary N) is 1. The molecule has 0 unspecified atom stereocenters. The van der Waals surface area contributed by atoms with Crippen LogP contribution in [0.3, 0.4) is 0 Å². The Balaban J connectivity index is 1.44. The summed E-state index contributed by atoms with van der Waals surface area (Å²) < 4.78 is 31.8. The fourth-order valence-electron chi connectivity index (χ4n) is 4.47. The number of nitrogens with two attached hydrogens (primary N) is 1. The van der Waals surface area contributed by atoms with Crippen LogP contribution >= 0.6 is 19.2 Å². The molecule has 35 heavy (non-hydrogen) atoms. The Kier molecular flexibility index (Phi) is 6.06. The summed E-state index contributed by atoms with van der Waals surface area (Å²) in [5.41, 5.74) is 3.92. The molecule has 2 fully saturated rings. The van der Waals surface area contributed by atoms with Gasteiger partial charge in [-0.15, -0.1) is 0 Å². The van der Waals surface area contributed by atoms with E-state index in [0.717, 1.165) is 0 Å². The molecule has 2 saturated heterocycles. The summed E-state index contributed by atoms with van der Waals surface area (Å²) in [6.45, 7) is 1.30. The normalized spacial score (nSPS) is 34.3. The first kappa shape index (κ1) is 24.4. The quantitative estimate of drug-likeness (QED) is 0.313. The van der Waals surface area contributed by atoms with Crippen molar-refractivity contribution in [2.75, 3.05) is 12.3 Å². The predicted molar refractivity (Wildman–Crippen MR) is 125 cm³/mol. The fourth-order valence-corrected chi connectivity index (χ4v) is 6.54. The van der Waals surface area contributed by atoms with Gasteiger partial charge in [-0.25, -0.2) is 0 Å². The minimum absolute atomic E-state index is 0.0162. The molecule has 0 bridgehead atoms. The van der Waals surface area contributed by atoms with Gasteiger partial charge in [0.05, 0.1) is 18.1 Å². The van der Waals surface area contributed by atoms with Crippen molar-refractivity contribution in [3.05, 3.63) is 57.5 Å². The number of benzene rings is 1. The van der Waals surface area contributed by atoms with E-state index < -0.39 is 49.1 Å². The van der Waals surface area contributed by atoms with Crippen LogP contribution in [0.25, 0.3) is 11.0 Å². The average molecular weight is 527 g/mol. The number of aliphatic hydroxyl groups excluding tert-OH is 2. The first-order valence-electron chi connectivity index (χ1n) is 10.8. The minimum atomic E-state index is -4.23. The van der Waals surface area contributed by atoms with E-state index in [-0.39, 0.29) is 23.6 Å². The van der Waals surface area contributed by atoms with Gasteiger partial charge < -0.3 is 34.9 Å². The number of hydrogen-bond acceptors (Lipinski definition) is 10. The molecule has 2 aliphatic heterocycles. The number of halogens is 1. The lowest BCUT2D eigenvalue weighted by molar-refractivity contribution is -0.0973. The Morgan fingerprint density at radius 1 is 1.40 bits per heavy atom. The van der Waals surface area contributed by atoms with Crippen LogP contribution in [-0.4, -0.2) is 60.1 Å². The van der Waals surface area contributed by atoms with E-state index in [4.69, 9.17) is 31.1 Å². The molecule has 0 amide bonds. The van der Waals surface area contributed by atoms with Crippen molar-refractivity contribution in [1.29, 1.82) is 0 Å². The Bertz CT molecular complexity index is 1380. The van der Waals surface area contributed by atoms with Crippen LogP contribution < -0.4 is 11.3 Å². The Morgan fingerprint density at radius 3 is 2.91 bits per heavy atom. The molecule has 4 heterocycles. The second-order valence-corrected chi connectivity index (χ2v) is 11.3. The first-order chi connectivity index (χ1) is 16.5. The maximum Gasteiger partial charge on any atom is 0.362 e. The van der Waals surface area contributed by atoms with Crippen LogP contribution in [0, 0.1) is 0 Å². The van der Waals surface area contributed by atoms with Crippen molar-refractivity contribution in [1.82, 2.24) is 14.5 Å². The number of ether oxygens (including phenoxy) is 1. The molecule has 12 nitrogen and oxygen atoms in total. The highest BCUT2D eigenvalue weighted by Crippen LogP contribution is 2.61. The molecule has 2 aliphatic rings. The van der Waals surface area contributed by atoms with Gasteiger partial charge in [0.2, 0.25) is 5.95 Å². The number of hydrogen-bond donors (Lipinski definition) is 5. The third-order valence-electron chi connectivity index (χ3n) is 6.31. The van der Waals surface area contributed by atoms with E-state index in [9.17, 15) is 24.7 Å². The lowest BCUT2D eigenvalue weighted by Gasteiger charge is -2.35. The Morgan fingerprint density at radius 2 is 2.17 bits per heavy atom. The summed E-state index contributed by atoms with van der Waals surface area (Å²) >= 11 is 6.05. The van der Waals surface area contributed by atoms with Crippen LogP contribution in [0.1, 0.15) is 31.2 Å². The van der Waals surface area contributed by atoms with Gasteiger partial charge >= 0.3 is 7.60 Å². The molecule has 7 atom stereocenters. The van der Waals surface area contributed by atoms with E-state index in [0.29, 0.717) is 17.0 Å². The molecule has 1 aromatic carbocycles. The second kappa shape index (κ2) is 8.68. The van der Waals surface area contributed by atoms with E-state index in [2.05, 4.69) is 9.97 Å².